The molecule has 0 unspecified atom stereocenters. The molecule has 1 N–H and O–H groups in total. The number of aromatic nitrogens is 3. The maximum absolute atomic E-state index is 10.7. The number of aromatic carboxylic acids is 1. The number of carbonyl (C=O) groups is 1. The van der Waals surface area contributed by atoms with Crippen LogP contribution in [-0.4, -0.2) is 26.1 Å². The predicted molar refractivity (Wildman–Crippen MR) is 53.3 cm³/mol. The van der Waals surface area contributed by atoms with Crippen molar-refractivity contribution in [1.29, 1.82) is 0 Å². The molecule has 2 aromatic rings. The Labute approximate surface area is 85.3 Å². The number of benzene rings is 1. The van der Waals surface area contributed by atoms with Crippen LogP contribution < -0.4 is 0 Å². The van der Waals surface area contributed by atoms with Crippen molar-refractivity contribution in [1.82, 2.24) is 15.0 Å². The van der Waals surface area contributed by atoms with E-state index in [9.17, 15) is 4.79 Å². The Morgan fingerprint density at radius 2 is 2.20 bits per heavy atom. The first-order valence-electron chi connectivity index (χ1n) is 4.22. The van der Waals surface area contributed by atoms with E-state index >= 15 is 0 Å². The first kappa shape index (κ1) is 9.21. The van der Waals surface area contributed by atoms with E-state index in [0.29, 0.717) is 11.0 Å². The third-order valence-electron chi connectivity index (χ3n) is 1.90. The Morgan fingerprint density at radius 1 is 1.47 bits per heavy atom. The summed E-state index contributed by atoms with van der Waals surface area (Å²) in [5.41, 5.74) is 1.36. The van der Waals surface area contributed by atoms with Crippen LogP contribution in [0.5, 0.6) is 0 Å². The number of terminal acetylenes is 1. The van der Waals surface area contributed by atoms with Crippen LogP contribution in [0.4, 0.5) is 0 Å². The number of hydrogen-bond acceptors (Lipinski definition) is 3. The molecule has 0 fully saturated rings. The van der Waals surface area contributed by atoms with Gasteiger partial charge in [-0.1, -0.05) is 5.92 Å². The summed E-state index contributed by atoms with van der Waals surface area (Å²) in [5, 5.41) is 16.9. The monoisotopic (exact) mass is 201 g/mol. The molecule has 0 saturated heterocycles. The van der Waals surface area contributed by atoms with Crippen LogP contribution in [0.3, 0.4) is 0 Å². The van der Waals surface area contributed by atoms with E-state index in [-0.39, 0.29) is 12.1 Å². The maximum Gasteiger partial charge on any atom is 0.335 e. The highest BCUT2D eigenvalue weighted by Crippen LogP contribution is 2.11. The molecule has 0 amide bonds. The van der Waals surface area contributed by atoms with Crippen molar-refractivity contribution in [3.63, 3.8) is 0 Å². The van der Waals surface area contributed by atoms with Gasteiger partial charge in [-0.2, -0.15) is 15.0 Å². The van der Waals surface area contributed by atoms with E-state index in [1.807, 2.05) is 0 Å². The van der Waals surface area contributed by atoms with Crippen molar-refractivity contribution in [2.24, 2.45) is 0 Å². The molecule has 15 heavy (non-hydrogen) atoms. The van der Waals surface area contributed by atoms with Crippen molar-refractivity contribution >= 4 is 17.0 Å². The zero-order valence-corrected chi connectivity index (χ0v) is 7.71. The van der Waals surface area contributed by atoms with E-state index in [1.54, 1.807) is 6.07 Å². The van der Waals surface area contributed by atoms with Crippen LogP contribution in [0.2, 0.25) is 0 Å². The van der Waals surface area contributed by atoms with Gasteiger partial charge < -0.3 is 5.11 Å². The second kappa shape index (κ2) is 3.42. The molecule has 1 heterocycles. The van der Waals surface area contributed by atoms with E-state index in [1.165, 1.54) is 16.9 Å². The van der Waals surface area contributed by atoms with Gasteiger partial charge >= 0.3 is 5.97 Å². The summed E-state index contributed by atoms with van der Waals surface area (Å²) in [4.78, 5) is 12.0. The average Bonchev–Trinajstić information content (AvgIpc) is 2.59. The van der Waals surface area contributed by atoms with E-state index in [2.05, 4.69) is 16.1 Å². The smallest absolute Gasteiger partial charge is 0.335 e. The molecule has 2 rings (SSSR count). The molecule has 1 aromatic heterocycles. The van der Waals surface area contributed by atoms with E-state index in [0.717, 1.165) is 0 Å². The Bertz CT molecular complexity index is 566. The Balaban J connectivity index is 2.53. The van der Waals surface area contributed by atoms with Gasteiger partial charge in [-0.25, -0.2) is 4.79 Å². The summed E-state index contributed by atoms with van der Waals surface area (Å²) in [7, 11) is 0. The summed E-state index contributed by atoms with van der Waals surface area (Å²) in [6, 6.07) is 4.57. The topological polar surface area (TPSA) is 68.0 Å². The van der Waals surface area contributed by atoms with Crippen molar-refractivity contribution in [2.75, 3.05) is 0 Å². The second-order valence-corrected chi connectivity index (χ2v) is 2.94. The van der Waals surface area contributed by atoms with Crippen molar-refractivity contribution in [3.8, 4) is 12.3 Å². The molecule has 0 aliphatic carbocycles. The Kier molecular flexibility index (Phi) is 2.10. The highest BCUT2D eigenvalue weighted by Gasteiger charge is 2.06. The molecule has 0 aliphatic heterocycles. The molecule has 74 valence electrons. The van der Waals surface area contributed by atoms with Crippen LogP contribution in [0.15, 0.2) is 18.2 Å². The van der Waals surface area contributed by atoms with Crippen LogP contribution in [0.1, 0.15) is 10.4 Å². The fourth-order valence-corrected chi connectivity index (χ4v) is 1.24. The van der Waals surface area contributed by atoms with Gasteiger partial charge in [-0.15, -0.1) is 6.42 Å². The summed E-state index contributed by atoms with van der Waals surface area (Å²) in [5.74, 6) is 1.42. The van der Waals surface area contributed by atoms with Crippen LogP contribution in [0, 0.1) is 12.3 Å². The SMILES string of the molecule is C#CCn1nc2ccc(C(=O)O)cc2n1. The third kappa shape index (κ3) is 1.65. The van der Waals surface area contributed by atoms with Gasteiger partial charge in [0.1, 0.15) is 17.6 Å². The first-order chi connectivity index (χ1) is 7.20. The highest BCUT2D eigenvalue weighted by molar-refractivity contribution is 5.91. The molecule has 5 nitrogen and oxygen atoms in total. The minimum Gasteiger partial charge on any atom is -0.478 e. The normalized spacial score (nSPS) is 10.1. The average molecular weight is 201 g/mol. The third-order valence-corrected chi connectivity index (χ3v) is 1.90. The minimum atomic E-state index is -0.983. The van der Waals surface area contributed by atoms with Gasteiger partial charge in [0.15, 0.2) is 0 Å². The standard InChI is InChI=1S/C10H7N3O2/c1-2-5-13-11-8-4-3-7(10(14)15)6-9(8)12-13/h1,3-4,6H,5H2,(H,14,15). The van der Waals surface area contributed by atoms with Crippen LogP contribution in [-0.2, 0) is 6.54 Å². The van der Waals surface area contributed by atoms with Gasteiger partial charge in [0.2, 0.25) is 0 Å². The molecule has 0 atom stereocenters. The Morgan fingerprint density at radius 3 is 2.87 bits per heavy atom. The molecule has 0 radical (unpaired) electrons. The van der Waals surface area contributed by atoms with Gasteiger partial charge in [0.05, 0.1) is 5.56 Å². The van der Waals surface area contributed by atoms with Gasteiger partial charge in [-0.3, -0.25) is 0 Å². The molecular weight excluding hydrogens is 194 g/mol. The lowest BCUT2D eigenvalue weighted by Gasteiger charge is -1.90. The summed E-state index contributed by atoms with van der Waals surface area (Å²) in [6.07, 6.45) is 5.12. The van der Waals surface area contributed by atoms with Crippen molar-refractivity contribution in [3.05, 3.63) is 23.8 Å². The number of nitrogens with zero attached hydrogens (tertiary/aromatic N) is 3. The van der Waals surface area contributed by atoms with Crippen LogP contribution in [0.25, 0.3) is 11.0 Å². The zero-order chi connectivity index (χ0) is 10.8. The number of carboxylic acid groups (broad SMARTS) is 1. The second-order valence-electron chi connectivity index (χ2n) is 2.94. The molecule has 0 saturated carbocycles. The van der Waals surface area contributed by atoms with Crippen molar-refractivity contribution in [2.45, 2.75) is 6.54 Å². The Hall–Kier alpha value is -2.35. The van der Waals surface area contributed by atoms with Gasteiger partial charge in [0.25, 0.3) is 0 Å². The number of fused-ring (bicyclic) bond motifs is 1. The van der Waals surface area contributed by atoms with E-state index < -0.39 is 5.97 Å². The lowest BCUT2D eigenvalue weighted by atomic mass is 10.2. The largest absolute Gasteiger partial charge is 0.478 e. The molecule has 0 aliphatic rings. The van der Waals surface area contributed by atoms with Crippen LogP contribution >= 0.6 is 0 Å². The zero-order valence-electron chi connectivity index (χ0n) is 7.71. The number of hydrogen-bond donors (Lipinski definition) is 1. The lowest BCUT2D eigenvalue weighted by Crippen LogP contribution is -1.99. The van der Waals surface area contributed by atoms with Crippen molar-refractivity contribution < 1.29 is 9.90 Å². The first-order valence-corrected chi connectivity index (χ1v) is 4.22. The predicted octanol–water partition coefficient (Wildman–Crippen LogP) is 0.763. The number of rotatable bonds is 2. The number of carboxylic acids is 1. The minimum absolute atomic E-state index is 0.190. The fraction of sp³-hybridized carbons (Fsp3) is 0.100. The summed E-state index contributed by atoms with van der Waals surface area (Å²) in [6.45, 7) is 0.275. The summed E-state index contributed by atoms with van der Waals surface area (Å²) >= 11 is 0. The lowest BCUT2D eigenvalue weighted by molar-refractivity contribution is 0.0697. The molecular formula is C10H7N3O2. The molecule has 0 bridgehead atoms. The van der Waals surface area contributed by atoms with Gasteiger partial charge in [0, 0.05) is 0 Å². The quantitative estimate of drug-likeness (QED) is 0.728. The molecule has 5 heteroatoms. The summed E-state index contributed by atoms with van der Waals surface area (Å²) < 4.78 is 0. The van der Waals surface area contributed by atoms with Gasteiger partial charge in [-0.05, 0) is 18.2 Å². The fourth-order valence-electron chi connectivity index (χ4n) is 1.24. The molecule has 1 aromatic carbocycles. The highest BCUT2D eigenvalue weighted by atomic mass is 16.4. The van der Waals surface area contributed by atoms with E-state index in [4.69, 9.17) is 11.5 Å². The maximum atomic E-state index is 10.7. The molecule has 0 spiro atoms.